The molecule has 1 aliphatic carbocycles. The second-order valence-electron chi connectivity index (χ2n) is 4.04. The topological polar surface area (TPSA) is 28.1 Å². The Kier molecular flexibility index (Phi) is 2.22. The van der Waals surface area contributed by atoms with Crippen molar-refractivity contribution in [3.63, 3.8) is 0 Å². The number of hydrogen-bond acceptors (Lipinski definition) is 1. The minimum atomic E-state index is 0.160. The van der Waals surface area contributed by atoms with Crippen LogP contribution in [0.1, 0.15) is 11.1 Å². The molecule has 0 aromatic heterocycles. The van der Waals surface area contributed by atoms with Crippen molar-refractivity contribution >= 4 is 5.57 Å². The van der Waals surface area contributed by atoms with Crippen LogP contribution in [0.5, 0.6) is 0 Å². The quantitative estimate of drug-likeness (QED) is 0.424. The van der Waals surface area contributed by atoms with Gasteiger partial charge in [0.1, 0.15) is 0 Å². The summed E-state index contributed by atoms with van der Waals surface area (Å²) in [6, 6.07) is 17.8. The van der Waals surface area contributed by atoms with Crippen LogP contribution >= 0.6 is 0 Å². The van der Waals surface area contributed by atoms with Crippen molar-refractivity contribution in [2.75, 3.05) is 0 Å². The monoisotopic (exact) mass is 228 g/mol. The molecule has 0 aliphatic heterocycles. The number of allylic oxidation sites excluding steroid dienone is 1. The standard InChI is InChI=1S/C16H8N2/c1-18-15(10-17)16-13-8-4-2-6-11(13)12-7-3-5-9-14(12)16/h2-9H. The van der Waals surface area contributed by atoms with Crippen molar-refractivity contribution in [3.8, 4) is 17.2 Å². The maximum Gasteiger partial charge on any atom is 0.270 e. The third kappa shape index (κ3) is 1.27. The molecule has 0 bridgehead atoms. The van der Waals surface area contributed by atoms with Gasteiger partial charge in [-0.15, -0.1) is 0 Å². The molecule has 18 heavy (non-hydrogen) atoms. The Morgan fingerprint density at radius 3 is 1.72 bits per heavy atom. The SMILES string of the molecule is [C-]#[N+]C(C#N)=C1c2ccccc2-c2ccccc21. The molecule has 2 nitrogen and oxygen atoms in total. The molecular weight excluding hydrogens is 220 g/mol. The first kappa shape index (κ1) is 10.3. The van der Waals surface area contributed by atoms with Crippen LogP contribution in [0.3, 0.4) is 0 Å². The molecule has 82 valence electrons. The van der Waals surface area contributed by atoms with E-state index >= 15 is 0 Å². The molecule has 0 spiro atoms. The lowest BCUT2D eigenvalue weighted by atomic mass is 10.0. The summed E-state index contributed by atoms with van der Waals surface area (Å²) in [7, 11) is 0. The highest BCUT2D eigenvalue weighted by atomic mass is 14.7. The van der Waals surface area contributed by atoms with Crippen LogP contribution in [0.15, 0.2) is 54.2 Å². The van der Waals surface area contributed by atoms with Gasteiger partial charge >= 0.3 is 0 Å². The molecule has 3 rings (SSSR count). The predicted molar refractivity (Wildman–Crippen MR) is 70.1 cm³/mol. The smallest absolute Gasteiger partial charge is 0.226 e. The van der Waals surface area contributed by atoms with Gasteiger partial charge in [0.05, 0.1) is 12.6 Å². The van der Waals surface area contributed by atoms with Crippen molar-refractivity contribution < 1.29 is 0 Å². The maximum atomic E-state index is 9.12. The molecule has 0 atom stereocenters. The number of rotatable bonds is 0. The Morgan fingerprint density at radius 2 is 1.33 bits per heavy atom. The van der Waals surface area contributed by atoms with E-state index in [0.717, 1.165) is 27.8 Å². The van der Waals surface area contributed by atoms with E-state index in [0.29, 0.717) is 0 Å². The largest absolute Gasteiger partial charge is 0.270 e. The molecule has 0 radical (unpaired) electrons. The zero-order chi connectivity index (χ0) is 12.5. The fourth-order valence-corrected chi connectivity index (χ4v) is 2.41. The fourth-order valence-electron chi connectivity index (χ4n) is 2.41. The molecule has 0 unspecified atom stereocenters. The van der Waals surface area contributed by atoms with Crippen molar-refractivity contribution in [1.29, 1.82) is 5.26 Å². The molecule has 0 saturated heterocycles. The first-order valence-corrected chi connectivity index (χ1v) is 5.58. The van der Waals surface area contributed by atoms with Crippen LogP contribution in [-0.2, 0) is 0 Å². The Hall–Kier alpha value is -2.84. The lowest BCUT2D eigenvalue weighted by Gasteiger charge is -2.01. The van der Waals surface area contributed by atoms with E-state index in [2.05, 4.69) is 4.85 Å². The van der Waals surface area contributed by atoms with Crippen LogP contribution in [0, 0.1) is 17.9 Å². The second-order valence-corrected chi connectivity index (χ2v) is 4.04. The molecule has 1 aliphatic rings. The predicted octanol–water partition coefficient (Wildman–Crippen LogP) is 3.87. The van der Waals surface area contributed by atoms with Gasteiger partial charge in [0.25, 0.3) is 5.70 Å². The molecule has 0 amide bonds. The van der Waals surface area contributed by atoms with Gasteiger partial charge in [-0.05, 0) is 22.3 Å². The number of fused-ring (bicyclic) bond motifs is 3. The molecule has 2 aromatic carbocycles. The molecule has 0 saturated carbocycles. The highest BCUT2D eigenvalue weighted by Gasteiger charge is 2.25. The summed E-state index contributed by atoms with van der Waals surface area (Å²) >= 11 is 0. The normalized spacial score (nSPS) is 11.1. The number of hydrogen-bond donors (Lipinski definition) is 0. The lowest BCUT2D eigenvalue weighted by molar-refractivity contribution is 1.49. The van der Waals surface area contributed by atoms with Gasteiger partial charge in [0.15, 0.2) is 0 Å². The summed E-state index contributed by atoms with van der Waals surface area (Å²) in [5.41, 5.74) is 5.07. The van der Waals surface area contributed by atoms with E-state index in [9.17, 15) is 0 Å². The first-order chi connectivity index (χ1) is 8.86. The Bertz CT molecular complexity index is 692. The minimum absolute atomic E-state index is 0.160. The zero-order valence-electron chi connectivity index (χ0n) is 9.51. The van der Waals surface area contributed by atoms with E-state index in [1.807, 2.05) is 54.6 Å². The van der Waals surface area contributed by atoms with E-state index in [4.69, 9.17) is 11.8 Å². The van der Waals surface area contributed by atoms with Gasteiger partial charge in [0.2, 0.25) is 0 Å². The molecule has 2 heteroatoms. The van der Waals surface area contributed by atoms with Gasteiger partial charge in [-0.1, -0.05) is 48.5 Å². The summed E-state index contributed by atoms with van der Waals surface area (Å²) < 4.78 is 0. The first-order valence-electron chi connectivity index (χ1n) is 5.58. The van der Waals surface area contributed by atoms with Gasteiger partial charge in [-0.25, -0.2) is 10.1 Å². The van der Waals surface area contributed by atoms with E-state index in [1.165, 1.54) is 0 Å². The maximum absolute atomic E-state index is 9.12. The third-order valence-electron chi connectivity index (χ3n) is 3.14. The van der Waals surface area contributed by atoms with Crippen LogP contribution in [-0.4, -0.2) is 0 Å². The zero-order valence-corrected chi connectivity index (χ0v) is 9.51. The lowest BCUT2D eigenvalue weighted by Crippen LogP contribution is -1.85. The molecule has 0 heterocycles. The Labute approximate surface area is 105 Å². The Balaban J connectivity index is 2.47. The molecule has 0 fully saturated rings. The second kappa shape index (κ2) is 3.87. The van der Waals surface area contributed by atoms with Crippen molar-refractivity contribution in [3.05, 3.63) is 76.8 Å². The summed E-state index contributed by atoms with van der Waals surface area (Å²) in [6.07, 6.45) is 0. The minimum Gasteiger partial charge on any atom is -0.226 e. The average Bonchev–Trinajstić information content (AvgIpc) is 2.76. The third-order valence-corrected chi connectivity index (χ3v) is 3.14. The molecular formula is C16H8N2. The summed E-state index contributed by atoms with van der Waals surface area (Å²) in [4.78, 5) is 3.35. The van der Waals surface area contributed by atoms with E-state index in [-0.39, 0.29) is 5.70 Å². The average molecular weight is 228 g/mol. The van der Waals surface area contributed by atoms with Gasteiger partial charge in [0, 0.05) is 5.57 Å². The highest BCUT2D eigenvalue weighted by Crippen LogP contribution is 2.45. The van der Waals surface area contributed by atoms with Crippen molar-refractivity contribution in [2.24, 2.45) is 0 Å². The van der Waals surface area contributed by atoms with E-state index < -0.39 is 0 Å². The number of nitrogens with zero attached hydrogens (tertiary/aromatic N) is 2. The van der Waals surface area contributed by atoms with Crippen LogP contribution in [0.2, 0.25) is 0 Å². The van der Waals surface area contributed by atoms with Crippen LogP contribution < -0.4 is 0 Å². The van der Waals surface area contributed by atoms with Crippen LogP contribution in [0.25, 0.3) is 21.5 Å². The Morgan fingerprint density at radius 1 is 0.889 bits per heavy atom. The van der Waals surface area contributed by atoms with Crippen molar-refractivity contribution in [1.82, 2.24) is 0 Å². The van der Waals surface area contributed by atoms with Gasteiger partial charge in [-0.2, -0.15) is 0 Å². The summed E-state index contributed by atoms with van der Waals surface area (Å²) in [5.74, 6) is 0. The summed E-state index contributed by atoms with van der Waals surface area (Å²) in [5, 5.41) is 9.12. The van der Waals surface area contributed by atoms with Crippen LogP contribution in [0.4, 0.5) is 0 Å². The highest BCUT2D eigenvalue weighted by molar-refractivity contribution is 6.03. The molecule has 2 aromatic rings. The number of benzene rings is 2. The van der Waals surface area contributed by atoms with E-state index in [1.54, 1.807) is 0 Å². The molecule has 0 N–H and O–H groups in total. The van der Waals surface area contributed by atoms with Gasteiger partial charge in [-0.3, -0.25) is 0 Å². The number of nitriles is 1. The van der Waals surface area contributed by atoms with Crippen molar-refractivity contribution in [2.45, 2.75) is 0 Å². The van der Waals surface area contributed by atoms with Gasteiger partial charge < -0.3 is 0 Å². The fraction of sp³-hybridized carbons (Fsp3) is 0. The summed E-state index contributed by atoms with van der Waals surface area (Å²) in [6.45, 7) is 7.15.